The Morgan fingerprint density at radius 2 is 0.889 bits per heavy atom. The van der Waals surface area contributed by atoms with Gasteiger partial charge < -0.3 is 45.1 Å². The third kappa shape index (κ3) is 45.0. The molecule has 1 aliphatic rings. The summed E-state index contributed by atoms with van der Waals surface area (Å²) >= 11 is 0. The first-order valence-electron chi connectivity index (χ1n) is 33.4. The van der Waals surface area contributed by atoms with E-state index in [4.69, 9.17) is 14.2 Å². The topological polar surface area (TPSA) is 175 Å². The Morgan fingerprint density at radius 1 is 0.494 bits per heavy atom. The second-order valence-corrected chi connectivity index (χ2v) is 22.8. The number of nitrogens with one attached hydrogen (secondary N) is 1. The van der Waals surface area contributed by atoms with Crippen LogP contribution < -0.4 is 5.32 Å². The van der Waals surface area contributed by atoms with Gasteiger partial charge in [0.1, 0.15) is 24.4 Å². The predicted molar refractivity (Wildman–Crippen MR) is 338 cm³/mol. The molecule has 8 unspecified atom stereocenters. The van der Waals surface area contributed by atoms with Gasteiger partial charge in [-0.05, 0) is 96.3 Å². The van der Waals surface area contributed by atoms with Crippen molar-refractivity contribution in [2.45, 2.75) is 333 Å². The van der Waals surface area contributed by atoms with Crippen LogP contribution in [0.5, 0.6) is 0 Å². The van der Waals surface area contributed by atoms with E-state index in [1.54, 1.807) is 6.08 Å². The first-order valence-corrected chi connectivity index (χ1v) is 33.4. The van der Waals surface area contributed by atoms with Gasteiger partial charge in [-0.3, -0.25) is 9.59 Å². The van der Waals surface area contributed by atoms with Gasteiger partial charge >= 0.3 is 5.97 Å². The van der Waals surface area contributed by atoms with E-state index in [0.717, 1.165) is 116 Å². The number of hydrogen-bond acceptors (Lipinski definition) is 10. The molecule has 0 aromatic carbocycles. The Hall–Kier alpha value is -3.16. The van der Waals surface area contributed by atoms with Crippen LogP contribution in [0.2, 0.25) is 0 Å². The smallest absolute Gasteiger partial charge is 0.306 e. The normalized spacial score (nSPS) is 19.2. The fraction of sp³-hybridized carbons (Fsp3) is 0.771. The zero-order valence-electron chi connectivity index (χ0n) is 51.9. The second-order valence-electron chi connectivity index (χ2n) is 22.8. The van der Waals surface area contributed by atoms with Crippen LogP contribution in [-0.2, 0) is 23.8 Å². The van der Waals surface area contributed by atoms with Crippen molar-refractivity contribution in [3.8, 4) is 0 Å². The molecule has 1 aliphatic heterocycles. The Morgan fingerprint density at radius 3 is 1.36 bits per heavy atom. The standard InChI is InChI=1S/C70H123NO10/c1-4-7-10-13-16-19-22-25-26-27-28-29-30-31-32-33-34-35-36-37-38-40-43-46-49-52-55-58-65(75)81-68-67(77)66(76)64(59-72)80-70(68)79-60-61(62(73)56-53-50-47-44-41-24-21-18-15-12-9-6-3)71-69(78)63(74)57-54-51-48-45-42-39-23-20-17-14-11-8-5-2/h8,11,16-17,19-20,25-26,28-29,31-32,53,56,61-64,66-68,70,72-74,76-77H,4-7,9-10,12-15,18,21-24,27,30,33-52,54-55,57-60H2,1-3H3,(H,71,78)/b11-8+,19-16-,20-17+,26-25-,29-28-,32-31-,56-53+. The molecule has 81 heavy (non-hydrogen) atoms. The third-order valence-corrected chi connectivity index (χ3v) is 15.3. The van der Waals surface area contributed by atoms with Gasteiger partial charge in [-0.2, -0.15) is 0 Å². The number of carbonyl (C=O) groups is 2. The third-order valence-electron chi connectivity index (χ3n) is 15.3. The van der Waals surface area contributed by atoms with E-state index in [1.165, 1.54) is 122 Å². The fourth-order valence-electron chi connectivity index (χ4n) is 10.0. The second kappa shape index (κ2) is 57.3. The van der Waals surface area contributed by atoms with Crippen LogP contribution >= 0.6 is 0 Å². The first kappa shape index (κ1) is 75.9. The summed E-state index contributed by atoms with van der Waals surface area (Å²) in [5, 5.41) is 57.0. The lowest BCUT2D eigenvalue weighted by Gasteiger charge is -2.41. The van der Waals surface area contributed by atoms with Crippen molar-refractivity contribution in [2.24, 2.45) is 0 Å². The van der Waals surface area contributed by atoms with Crippen molar-refractivity contribution < 1.29 is 49.3 Å². The van der Waals surface area contributed by atoms with E-state index in [9.17, 15) is 35.1 Å². The molecule has 0 aromatic rings. The molecular weight excluding hydrogens is 1010 g/mol. The summed E-state index contributed by atoms with van der Waals surface area (Å²) in [5.41, 5.74) is 0. The van der Waals surface area contributed by atoms with Crippen molar-refractivity contribution in [1.29, 1.82) is 0 Å². The van der Waals surface area contributed by atoms with Gasteiger partial charge in [0.05, 0.1) is 25.4 Å². The van der Waals surface area contributed by atoms with Gasteiger partial charge in [-0.25, -0.2) is 0 Å². The highest BCUT2D eigenvalue weighted by molar-refractivity contribution is 5.80. The number of allylic oxidation sites excluding steroid dienone is 13. The van der Waals surface area contributed by atoms with Crippen molar-refractivity contribution in [3.63, 3.8) is 0 Å². The largest absolute Gasteiger partial charge is 0.454 e. The molecule has 1 saturated heterocycles. The van der Waals surface area contributed by atoms with Gasteiger partial charge in [0, 0.05) is 6.42 Å². The van der Waals surface area contributed by atoms with Gasteiger partial charge in [-0.1, -0.05) is 266 Å². The Balaban J connectivity index is 2.56. The van der Waals surface area contributed by atoms with E-state index < -0.39 is 67.4 Å². The molecule has 0 radical (unpaired) electrons. The summed E-state index contributed by atoms with van der Waals surface area (Å²) in [6.45, 7) is 5.65. The van der Waals surface area contributed by atoms with E-state index in [0.29, 0.717) is 12.8 Å². The van der Waals surface area contributed by atoms with Gasteiger partial charge in [-0.15, -0.1) is 0 Å². The Kier molecular flexibility index (Phi) is 53.6. The molecule has 0 aliphatic carbocycles. The minimum Gasteiger partial charge on any atom is -0.454 e. The lowest BCUT2D eigenvalue weighted by Crippen LogP contribution is -2.61. The van der Waals surface area contributed by atoms with Crippen LogP contribution in [0.15, 0.2) is 85.1 Å². The van der Waals surface area contributed by atoms with Crippen LogP contribution in [-0.4, -0.2) is 99.6 Å². The molecule has 1 heterocycles. The molecule has 1 amide bonds. The maximum absolute atomic E-state index is 13.4. The number of hydrogen-bond donors (Lipinski definition) is 6. The lowest BCUT2D eigenvalue weighted by atomic mass is 9.99. The monoisotopic (exact) mass is 1140 g/mol. The number of aliphatic hydroxyl groups is 5. The highest BCUT2D eigenvalue weighted by Gasteiger charge is 2.47. The zero-order valence-corrected chi connectivity index (χ0v) is 51.9. The summed E-state index contributed by atoms with van der Waals surface area (Å²) in [6.07, 6.45) is 64.8. The molecule has 468 valence electrons. The highest BCUT2D eigenvalue weighted by Crippen LogP contribution is 2.26. The zero-order chi connectivity index (χ0) is 58.9. The molecule has 11 heteroatoms. The SMILES string of the molecule is CC/C=C/C/C=C/CCCCCCCCC(O)C(=O)NC(COC1OC(CO)C(O)C(O)C1OC(=O)CCCCCCCCCCCCC/C=C\C/C=C\C/C=C\C/C=C\CCCCC)C(O)/C=C/CCCCCCCCCCCC. The number of esters is 1. The number of aliphatic hydroxyl groups excluding tert-OH is 5. The Labute approximate surface area is 495 Å². The van der Waals surface area contributed by atoms with Crippen LogP contribution in [0.4, 0.5) is 0 Å². The molecule has 0 spiro atoms. The molecule has 11 nitrogen and oxygen atoms in total. The van der Waals surface area contributed by atoms with E-state index >= 15 is 0 Å². The van der Waals surface area contributed by atoms with Crippen LogP contribution in [0.1, 0.15) is 284 Å². The summed E-state index contributed by atoms with van der Waals surface area (Å²) in [4.78, 5) is 26.6. The summed E-state index contributed by atoms with van der Waals surface area (Å²) in [6, 6.07) is -1.03. The first-order chi connectivity index (χ1) is 39.7. The molecule has 6 N–H and O–H groups in total. The summed E-state index contributed by atoms with van der Waals surface area (Å²) in [7, 11) is 0. The number of rotatable bonds is 56. The van der Waals surface area contributed by atoms with Crippen molar-refractivity contribution >= 4 is 11.9 Å². The average Bonchev–Trinajstić information content (AvgIpc) is 3.50. The quantitative estimate of drug-likeness (QED) is 0.0195. The van der Waals surface area contributed by atoms with Crippen LogP contribution in [0, 0.1) is 0 Å². The summed E-state index contributed by atoms with van der Waals surface area (Å²) in [5.74, 6) is -1.21. The molecule has 8 atom stereocenters. The maximum atomic E-state index is 13.4. The minimum atomic E-state index is -1.62. The fourth-order valence-corrected chi connectivity index (χ4v) is 10.0. The number of carbonyl (C=O) groups excluding carboxylic acids is 2. The molecule has 0 bridgehead atoms. The average molecular weight is 1140 g/mol. The molecule has 1 rings (SSSR count). The molecule has 1 fully saturated rings. The van der Waals surface area contributed by atoms with E-state index in [2.05, 4.69) is 99.0 Å². The molecular formula is C70H123NO10. The van der Waals surface area contributed by atoms with Gasteiger partial charge in [0.15, 0.2) is 12.4 Å². The molecule has 0 saturated carbocycles. The van der Waals surface area contributed by atoms with Crippen molar-refractivity contribution in [1.82, 2.24) is 5.32 Å². The van der Waals surface area contributed by atoms with Crippen LogP contribution in [0.3, 0.4) is 0 Å². The lowest BCUT2D eigenvalue weighted by molar-refractivity contribution is -0.305. The number of unbranched alkanes of at least 4 members (excludes halogenated alkanes) is 30. The van der Waals surface area contributed by atoms with E-state index in [-0.39, 0.29) is 19.4 Å². The van der Waals surface area contributed by atoms with Gasteiger partial charge in [0.25, 0.3) is 0 Å². The van der Waals surface area contributed by atoms with Crippen molar-refractivity contribution in [3.05, 3.63) is 85.1 Å². The Bertz CT molecular complexity index is 1640. The van der Waals surface area contributed by atoms with E-state index in [1.807, 2.05) is 6.08 Å². The maximum Gasteiger partial charge on any atom is 0.306 e. The number of amides is 1. The minimum absolute atomic E-state index is 0.116. The van der Waals surface area contributed by atoms with Crippen LogP contribution in [0.25, 0.3) is 0 Å². The van der Waals surface area contributed by atoms with Crippen molar-refractivity contribution in [2.75, 3.05) is 13.2 Å². The highest BCUT2D eigenvalue weighted by atomic mass is 16.7. The number of ether oxygens (including phenoxy) is 3. The molecule has 0 aromatic heterocycles. The van der Waals surface area contributed by atoms with Gasteiger partial charge in [0.2, 0.25) is 5.91 Å². The summed E-state index contributed by atoms with van der Waals surface area (Å²) < 4.78 is 17.6. The predicted octanol–water partition coefficient (Wildman–Crippen LogP) is 16.5.